The smallest absolute Gasteiger partial charge is 0.200 e. The SMILES string of the molecule is COc1cc(OC)c2occ(-c3ccc(Oc4ccccc4)cc3)c(=O)c2c1. The second-order valence-electron chi connectivity index (χ2n) is 6.12. The minimum absolute atomic E-state index is 0.157. The third-order valence-electron chi connectivity index (χ3n) is 4.41. The van der Waals surface area contributed by atoms with E-state index >= 15 is 0 Å². The molecule has 3 aromatic carbocycles. The maximum atomic E-state index is 13.0. The molecule has 4 rings (SSSR count). The molecule has 0 aliphatic carbocycles. The van der Waals surface area contributed by atoms with Crippen molar-refractivity contribution in [2.24, 2.45) is 0 Å². The Kier molecular flexibility index (Phi) is 4.72. The Morgan fingerprint density at radius 2 is 1.50 bits per heavy atom. The van der Waals surface area contributed by atoms with E-state index in [9.17, 15) is 4.79 Å². The predicted molar refractivity (Wildman–Crippen MR) is 108 cm³/mol. The summed E-state index contributed by atoms with van der Waals surface area (Å²) in [5.41, 5.74) is 1.42. The van der Waals surface area contributed by atoms with Gasteiger partial charge in [-0.05, 0) is 35.9 Å². The van der Waals surface area contributed by atoms with E-state index in [1.165, 1.54) is 20.5 Å². The van der Waals surface area contributed by atoms with Crippen molar-refractivity contribution in [2.45, 2.75) is 0 Å². The molecule has 140 valence electrons. The third-order valence-corrected chi connectivity index (χ3v) is 4.41. The number of rotatable bonds is 5. The molecule has 0 saturated heterocycles. The molecule has 0 amide bonds. The molecule has 4 aromatic rings. The van der Waals surface area contributed by atoms with Gasteiger partial charge in [0.25, 0.3) is 0 Å². The van der Waals surface area contributed by atoms with E-state index in [0.29, 0.717) is 33.8 Å². The van der Waals surface area contributed by atoms with Crippen molar-refractivity contribution in [1.82, 2.24) is 0 Å². The molecule has 0 N–H and O–H groups in total. The van der Waals surface area contributed by atoms with Gasteiger partial charge >= 0.3 is 0 Å². The number of hydrogen-bond donors (Lipinski definition) is 0. The van der Waals surface area contributed by atoms with Crippen LogP contribution in [-0.4, -0.2) is 14.2 Å². The van der Waals surface area contributed by atoms with Crippen LogP contribution in [0.1, 0.15) is 0 Å². The van der Waals surface area contributed by atoms with Crippen molar-refractivity contribution in [3.63, 3.8) is 0 Å². The van der Waals surface area contributed by atoms with E-state index < -0.39 is 0 Å². The molecule has 1 aromatic heterocycles. The monoisotopic (exact) mass is 374 g/mol. The van der Waals surface area contributed by atoms with E-state index in [1.807, 2.05) is 54.6 Å². The largest absolute Gasteiger partial charge is 0.497 e. The fourth-order valence-electron chi connectivity index (χ4n) is 2.98. The molecule has 28 heavy (non-hydrogen) atoms. The normalized spacial score (nSPS) is 10.6. The zero-order chi connectivity index (χ0) is 19.5. The molecule has 5 nitrogen and oxygen atoms in total. The summed E-state index contributed by atoms with van der Waals surface area (Å²) >= 11 is 0. The summed E-state index contributed by atoms with van der Waals surface area (Å²) in [7, 11) is 3.06. The number of ether oxygens (including phenoxy) is 3. The van der Waals surface area contributed by atoms with Crippen LogP contribution in [0.2, 0.25) is 0 Å². The fourth-order valence-corrected chi connectivity index (χ4v) is 2.98. The van der Waals surface area contributed by atoms with E-state index in [1.54, 1.807) is 12.1 Å². The van der Waals surface area contributed by atoms with Crippen molar-refractivity contribution in [1.29, 1.82) is 0 Å². The first kappa shape index (κ1) is 17.7. The Balaban J connectivity index is 1.73. The van der Waals surface area contributed by atoms with Crippen LogP contribution in [0.5, 0.6) is 23.0 Å². The Bertz CT molecular complexity index is 1160. The molecule has 0 aliphatic rings. The summed E-state index contributed by atoms with van der Waals surface area (Å²) in [5.74, 6) is 2.41. The number of hydrogen-bond acceptors (Lipinski definition) is 5. The van der Waals surface area contributed by atoms with Crippen LogP contribution >= 0.6 is 0 Å². The Morgan fingerprint density at radius 3 is 2.18 bits per heavy atom. The van der Waals surface area contributed by atoms with Crippen LogP contribution in [0.15, 0.2) is 82.2 Å². The molecule has 0 fully saturated rings. The minimum Gasteiger partial charge on any atom is -0.497 e. The van der Waals surface area contributed by atoms with Gasteiger partial charge in [-0.2, -0.15) is 0 Å². The van der Waals surface area contributed by atoms with Crippen LogP contribution in [0.4, 0.5) is 0 Å². The third kappa shape index (κ3) is 3.30. The zero-order valence-electron chi connectivity index (χ0n) is 15.5. The first-order valence-electron chi connectivity index (χ1n) is 8.70. The highest BCUT2D eigenvalue weighted by atomic mass is 16.5. The second kappa shape index (κ2) is 7.48. The van der Waals surface area contributed by atoms with Crippen LogP contribution in [0.3, 0.4) is 0 Å². The predicted octanol–water partition coefficient (Wildman–Crippen LogP) is 5.27. The van der Waals surface area contributed by atoms with Crippen molar-refractivity contribution < 1.29 is 18.6 Å². The minimum atomic E-state index is -0.157. The Hall–Kier alpha value is -3.73. The lowest BCUT2D eigenvalue weighted by Gasteiger charge is -2.09. The van der Waals surface area contributed by atoms with E-state index in [0.717, 1.165) is 11.3 Å². The van der Waals surface area contributed by atoms with Gasteiger partial charge in [0, 0.05) is 6.07 Å². The Labute approximate surface area is 161 Å². The van der Waals surface area contributed by atoms with Gasteiger partial charge in [0.15, 0.2) is 11.3 Å². The zero-order valence-corrected chi connectivity index (χ0v) is 15.5. The molecule has 0 unspecified atom stereocenters. The highest BCUT2D eigenvalue weighted by Crippen LogP contribution is 2.31. The van der Waals surface area contributed by atoms with Gasteiger partial charge in [0.2, 0.25) is 5.43 Å². The summed E-state index contributed by atoms with van der Waals surface area (Å²) in [6.07, 6.45) is 1.45. The molecule has 0 atom stereocenters. The topological polar surface area (TPSA) is 57.9 Å². The molecule has 0 saturated carbocycles. The summed E-state index contributed by atoms with van der Waals surface area (Å²) in [4.78, 5) is 13.0. The van der Waals surface area contributed by atoms with Gasteiger partial charge < -0.3 is 18.6 Å². The van der Waals surface area contributed by atoms with Gasteiger partial charge in [0.1, 0.15) is 23.5 Å². The van der Waals surface area contributed by atoms with E-state index in [-0.39, 0.29) is 5.43 Å². The number of para-hydroxylation sites is 1. The number of methoxy groups -OCH3 is 2. The quantitative estimate of drug-likeness (QED) is 0.476. The fraction of sp³-hybridized carbons (Fsp3) is 0.0870. The van der Waals surface area contributed by atoms with Gasteiger partial charge in [-0.3, -0.25) is 4.79 Å². The van der Waals surface area contributed by atoms with Crippen LogP contribution in [0.25, 0.3) is 22.1 Å². The van der Waals surface area contributed by atoms with Gasteiger partial charge in [-0.15, -0.1) is 0 Å². The first-order valence-corrected chi connectivity index (χ1v) is 8.70. The highest BCUT2D eigenvalue weighted by Gasteiger charge is 2.14. The van der Waals surface area contributed by atoms with Crippen LogP contribution in [-0.2, 0) is 0 Å². The van der Waals surface area contributed by atoms with Crippen molar-refractivity contribution in [3.8, 4) is 34.1 Å². The maximum Gasteiger partial charge on any atom is 0.200 e. The van der Waals surface area contributed by atoms with E-state index in [4.69, 9.17) is 18.6 Å². The van der Waals surface area contributed by atoms with Gasteiger partial charge in [-0.1, -0.05) is 30.3 Å². The second-order valence-corrected chi connectivity index (χ2v) is 6.12. The summed E-state index contributed by atoms with van der Waals surface area (Å²) in [6.45, 7) is 0. The first-order chi connectivity index (χ1) is 13.7. The average Bonchev–Trinajstić information content (AvgIpc) is 2.75. The van der Waals surface area contributed by atoms with E-state index in [2.05, 4.69) is 0 Å². The van der Waals surface area contributed by atoms with Gasteiger partial charge in [-0.25, -0.2) is 0 Å². The summed E-state index contributed by atoms with van der Waals surface area (Å²) in [5, 5.41) is 0.401. The van der Waals surface area contributed by atoms with Crippen LogP contribution in [0, 0.1) is 0 Å². The average molecular weight is 374 g/mol. The summed E-state index contributed by atoms with van der Waals surface area (Å²) in [6, 6.07) is 20.1. The lowest BCUT2D eigenvalue weighted by molar-refractivity contribution is 0.392. The number of benzene rings is 3. The van der Waals surface area contributed by atoms with Crippen molar-refractivity contribution in [3.05, 3.63) is 83.2 Å². The molecule has 5 heteroatoms. The lowest BCUT2D eigenvalue weighted by Crippen LogP contribution is -2.06. The van der Waals surface area contributed by atoms with Gasteiger partial charge in [0.05, 0.1) is 25.2 Å². The van der Waals surface area contributed by atoms with Crippen LogP contribution < -0.4 is 19.6 Å². The van der Waals surface area contributed by atoms with Crippen molar-refractivity contribution in [2.75, 3.05) is 14.2 Å². The molecule has 0 bridgehead atoms. The molecule has 1 heterocycles. The number of fused-ring (bicyclic) bond motifs is 1. The molecular formula is C23H18O5. The summed E-state index contributed by atoms with van der Waals surface area (Å²) < 4.78 is 22.1. The molecule has 0 spiro atoms. The molecule has 0 radical (unpaired) electrons. The molecular weight excluding hydrogens is 356 g/mol. The lowest BCUT2D eigenvalue weighted by atomic mass is 10.1. The highest BCUT2D eigenvalue weighted by molar-refractivity contribution is 5.87. The maximum absolute atomic E-state index is 13.0. The standard InChI is InChI=1S/C23H18O5/c1-25-18-12-19-22(24)20(14-27-23(19)21(13-18)26-2)15-8-10-17(11-9-15)28-16-6-4-3-5-7-16/h3-14H,1-2H3. The molecule has 0 aliphatic heterocycles. The Morgan fingerprint density at radius 1 is 0.786 bits per heavy atom. The van der Waals surface area contributed by atoms with Crippen molar-refractivity contribution >= 4 is 11.0 Å².